The van der Waals surface area contributed by atoms with Gasteiger partial charge >= 0.3 is 6.09 Å². The molecule has 1 rings (SSSR count). The highest BCUT2D eigenvalue weighted by Crippen LogP contribution is 2.16. The van der Waals surface area contributed by atoms with Gasteiger partial charge in [-0.15, -0.1) is 0 Å². The molecule has 0 atom stereocenters. The third-order valence-corrected chi connectivity index (χ3v) is 2.11. The molecule has 18 heavy (non-hydrogen) atoms. The highest BCUT2D eigenvalue weighted by atomic mass is 19.1. The number of hydrogen-bond donors (Lipinski definition) is 2. The minimum atomic E-state index is -0.603. The average Bonchev–Trinajstić information content (AvgIpc) is 2.19. The van der Waals surface area contributed by atoms with Crippen LogP contribution in [0.3, 0.4) is 0 Å². The average molecular weight is 254 g/mol. The summed E-state index contributed by atoms with van der Waals surface area (Å²) >= 11 is 0. The molecule has 3 N–H and O–H groups in total. The zero-order valence-corrected chi connectivity index (χ0v) is 10.9. The number of carbonyl (C=O) groups excluding carboxylic acids is 1. The fourth-order valence-electron chi connectivity index (χ4n) is 1.40. The standard InChI is InChI=1S/C13H19FN2O2/c1-13(2,3)18-12(17)16-10-5-4-9(6-7-15)11(14)8-10/h4-5,8H,6-7,15H2,1-3H3,(H,16,17). The third kappa shape index (κ3) is 4.71. The van der Waals surface area contributed by atoms with E-state index in [-0.39, 0.29) is 5.82 Å². The van der Waals surface area contributed by atoms with Crippen LogP contribution in [0.25, 0.3) is 0 Å². The van der Waals surface area contributed by atoms with Crippen LogP contribution >= 0.6 is 0 Å². The van der Waals surface area contributed by atoms with Crippen molar-refractivity contribution in [1.82, 2.24) is 0 Å². The predicted molar refractivity (Wildman–Crippen MR) is 69.0 cm³/mol. The Hall–Kier alpha value is -1.62. The minimum Gasteiger partial charge on any atom is -0.444 e. The highest BCUT2D eigenvalue weighted by Gasteiger charge is 2.16. The second kappa shape index (κ2) is 5.82. The van der Waals surface area contributed by atoms with Crippen LogP contribution in [-0.4, -0.2) is 18.2 Å². The van der Waals surface area contributed by atoms with Crippen LogP contribution in [0.5, 0.6) is 0 Å². The third-order valence-electron chi connectivity index (χ3n) is 2.11. The molecule has 0 fully saturated rings. The number of hydrogen-bond acceptors (Lipinski definition) is 3. The number of halogens is 1. The van der Waals surface area contributed by atoms with Crippen molar-refractivity contribution in [3.8, 4) is 0 Å². The second-order valence-corrected chi connectivity index (χ2v) is 4.97. The Morgan fingerprint density at radius 2 is 2.11 bits per heavy atom. The van der Waals surface area contributed by atoms with E-state index in [2.05, 4.69) is 5.32 Å². The maximum absolute atomic E-state index is 13.6. The molecule has 0 spiro atoms. The van der Waals surface area contributed by atoms with E-state index in [0.29, 0.717) is 24.2 Å². The van der Waals surface area contributed by atoms with Gasteiger partial charge in [0.25, 0.3) is 0 Å². The van der Waals surface area contributed by atoms with Crippen molar-refractivity contribution in [2.24, 2.45) is 5.73 Å². The van der Waals surface area contributed by atoms with Crippen LogP contribution in [-0.2, 0) is 11.2 Å². The van der Waals surface area contributed by atoms with E-state index in [4.69, 9.17) is 10.5 Å². The summed E-state index contributed by atoms with van der Waals surface area (Å²) in [6.07, 6.45) is -0.132. The molecular weight excluding hydrogens is 235 g/mol. The number of ether oxygens (including phenoxy) is 1. The van der Waals surface area contributed by atoms with Gasteiger partial charge in [-0.05, 0) is 51.4 Å². The Kier molecular flexibility index (Phi) is 4.67. The molecule has 0 aliphatic heterocycles. The number of amides is 1. The van der Waals surface area contributed by atoms with Gasteiger partial charge in [0.1, 0.15) is 11.4 Å². The quantitative estimate of drug-likeness (QED) is 0.871. The van der Waals surface area contributed by atoms with Gasteiger partial charge in [-0.3, -0.25) is 5.32 Å². The van der Waals surface area contributed by atoms with Gasteiger partial charge in [0.15, 0.2) is 0 Å². The zero-order valence-electron chi connectivity index (χ0n) is 10.9. The summed E-state index contributed by atoms with van der Waals surface area (Å²) in [6, 6.07) is 4.49. The number of carbonyl (C=O) groups is 1. The fourth-order valence-corrected chi connectivity index (χ4v) is 1.40. The van der Waals surface area contributed by atoms with E-state index in [1.165, 1.54) is 6.07 Å². The lowest BCUT2D eigenvalue weighted by Gasteiger charge is -2.19. The molecule has 0 aromatic heterocycles. The molecular formula is C13H19FN2O2. The highest BCUT2D eigenvalue weighted by molar-refractivity contribution is 5.84. The molecule has 0 heterocycles. The van der Waals surface area contributed by atoms with Crippen LogP contribution < -0.4 is 11.1 Å². The molecule has 1 aromatic rings. The molecule has 0 saturated carbocycles. The summed E-state index contributed by atoms with van der Waals surface area (Å²) in [5, 5.41) is 2.48. The Bertz CT molecular complexity index is 427. The van der Waals surface area contributed by atoms with Crippen LogP contribution in [0.2, 0.25) is 0 Å². The van der Waals surface area contributed by atoms with Crippen molar-refractivity contribution in [2.75, 3.05) is 11.9 Å². The molecule has 100 valence electrons. The Balaban J connectivity index is 2.69. The fraction of sp³-hybridized carbons (Fsp3) is 0.462. The molecule has 0 saturated heterocycles. The van der Waals surface area contributed by atoms with Crippen LogP contribution in [0, 0.1) is 5.82 Å². The summed E-state index contributed by atoms with van der Waals surface area (Å²) in [7, 11) is 0. The second-order valence-electron chi connectivity index (χ2n) is 4.97. The van der Waals surface area contributed by atoms with Crippen molar-refractivity contribution in [3.63, 3.8) is 0 Å². The van der Waals surface area contributed by atoms with Crippen molar-refractivity contribution in [2.45, 2.75) is 32.8 Å². The largest absolute Gasteiger partial charge is 0.444 e. The minimum absolute atomic E-state index is 0.363. The lowest BCUT2D eigenvalue weighted by atomic mass is 10.1. The summed E-state index contributed by atoms with van der Waals surface area (Å²) in [6.45, 7) is 5.67. The van der Waals surface area contributed by atoms with E-state index in [1.807, 2.05) is 0 Å². The van der Waals surface area contributed by atoms with Crippen LogP contribution in [0.4, 0.5) is 14.9 Å². The Morgan fingerprint density at radius 1 is 1.44 bits per heavy atom. The molecule has 0 radical (unpaired) electrons. The molecule has 0 aliphatic rings. The first kappa shape index (κ1) is 14.4. The summed E-state index contributed by atoms with van der Waals surface area (Å²) < 4.78 is 18.6. The van der Waals surface area contributed by atoms with Gasteiger partial charge < -0.3 is 10.5 Å². The van der Waals surface area contributed by atoms with Gasteiger partial charge in [-0.2, -0.15) is 0 Å². The lowest BCUT2D eigenvalue weighted by molar-refractivity contribution is 0.0636. The predicted octanol–water partition coefficient (Wildman–Crippen LogP) is 2.67. The first-order chi connectivity index (χ1) is 8.31. The molecule has 0 unspecified atom stereocenters. The van der Waals surface area contributed by atoms with Crippen LogP contribution in [0.15, 0.2) is 18.2 Å². The maximum Gasteiger partial charge on any atom is 0.412 e. The first-order valence-electron chi connectivity index (χ1n) is 5.80. The van der Waals surface area contributed by atoms with Gasteiger partial charge in [-0.25, -0.2) is 9.18 Å². The molecule has 0 aliphatic carbocycles. The smallest absolute Gasteiger partial charge is 0.412 e. The first-order valence-corrected chi connectivity index (χ1v) is 5.80. The topological polar surface area (TPSA) is 64.3 Å². The number of anilines is 1. The Labute approximate surface area is 106 Å². The van der Waals surface area contributed by atoms with Gasteiger partial charge in [0, 0.05) is 5.69 Å². The summed E-state index contributed by atoms with van der Waals surface area (Å²) in [5.74, 6) is -0.381. The molecule has 5 heteroatoms. The van der Waals surface area contributed by atoms with E-state index < -0.39 is 11.7 Å². The molecule has 1 aromatic carbocycles. The summed E-state index contributed by atoms with van der Waals surface area (Å²) in [4.78, 5) is 11.5. The van der Waals surface area contributed by atoms with Crippen molar-refractivity contribution < 1.29 is 13.9 Å². The molecule has 0 bridgehead atoms. The van der Waals surface area contributed by atoms with E-state index in [9.17, 15) is 9.18 Å². The normalized spacial score (nSPS) is 11.2. The number of nitrogens with two attached hydrogens (primary N) is 1. The number of nitrogens with one attached hydrogen (secondary N) is 1. The van der Waals surface area contributed by atoms with Gasteiger partial charge in [-0.1, -0.05) is 6.07 Å². The van der Waals surface area contributed by atoms with Crippen LogP contribution in [0.1, 0.15) is 26.3 Å². The molecule has 1 amide bonds. The SMILES string of the molecule is CC(C)(C)OC(=O)Nc1ccc(CCN)c(F)c1. The lowest BCUT2D eigenvalue weighted by Crippen LogP contribution is -2.27. The number of benzene rings is 1. The molecule has 4 nitrogen and oxygen atoms in total. The zero-order chi connectivity index (χ0) is 13.8. The van der Waals surface area contributed by atoms with Crippen molar-refractivity contribution in [1.29, 1.82) is 0 Å². The van der Waals surface area contributed by atoms with Gasteiger partial charge in [0.2, 0.25) is 0 Å². The summed E-state index contributed by atoms with van der Waals surface area (Å²) in [5.41, 5.74) is 5.68. The maximum atomic E-state index is 13.6. The van der Waals surface area contributed by atoms with E-state index in [1.54, 1.807) is 32.9 Å². The van der Waals surface area contributed by atoms with E-state index >= 15 is 0 Å². The number of rotatable bonds is 3. The Morgan fingerprint density at radius 3 is 2.61 bits per heavy atom. The van der Waals surface area contributed by atoms with Crippen molar-refractivity contribution >= 4 is 11.8 Å². The van der Waals surface area contributed by atoms with Gasteiger partial charge in [0.05, 0.1) is 0 Å². The monoisotopic (exact) mass is 254 g/mol. The van der Waals surface area contributed by atoms with E-state index in [0.717, 1.165) is 0 Å². The van der Waals surface area contributed by atoms with Crippen molar-refractivity contribution in [3.05, 3.63) is 29.6 Å².